The number of nitrogens with zero attached hydrogens (tertiary/aromatic N) is 1. The summed E-state index contributed by atoms with van der Waals surface area (Å²) in [5.74, 6) is -0.486. The highest BCUT2D eigenvalue weighted by molar-refractivity contribution is 5.98. The molecule has 4 amide bonds. The lowest BCUT2D eigenvalue weighted by Gasteiger charge is -2.36. The summed E-state index contributed by atoms with van der Waals surface area (Å²) in [6.45, 7) is 0.980. The molecular formula is C33H36N4O6. The van der Waals surface area contributed by atoms with Gasteiger partial charge in [0.15, 0.2) is 11.5 Å². The summed E-state index contributed by atoms with van der Waals surface area (Å²) in [5.41, 5.74) is 3.21. The number of carbonyl (C=O) groups excluding carboxylic acids is 4. The van der Waals surface area contributed by atoms with Gasteiger partial charge in [0.05, 0.1) is 13.7 Å². The fourth-order valence-electron chi connectivity index (χ4n) is 5.39. The minimum absolute atomic E-state index is 0.0133. The number of carbonyl (C=O) groups is 4. The summed E-state index contributed by atoms with van der Waals surface area (Å²) in [5, 5.41) is 8.62. The van der Waals surface area contributed by atoms with E-state index in [2.05, 4.69) is 16.0 Å². The standard InChI is InChI=1S/C33H36N4O6/c1-42-28-13-12-24-20-29(28)43-17-7-15-34-33(41)27-19-23-10-5-6-11-25(23)21-37(27)30(38)14-16-35-32(40)26(36-31(24)39)18-22-8-3-2-4-9-22/h2-6,8-13,20,26-27H,7,14-19,21H2,1H3,(H,34,41)(H,35,40)(H,36,39)/t26-,27+/m0/s1. The molecule has 2 atom stereocenters. The van der Waals surface area contributed by atoms with Crippen LogP contribution in [-0.2, 0) is 33.8 Å². The average Bonchev–Trinajstić information content (AvgIpc) is 3.03. The van der Waals surface area contributed by atoms with E-state index >= 15 is 0 Å². The van der Waals surface area contributed by atoms with Crippen molar-refractivity contribution < 1.29 is 28.7 Å². The third-order valence-corrected chi connectivity index (χ3v) is 7.72. The second kappa shape index (κ2) is 13.9. The maximum atomic E-state index is 13.4. The Kier molecular flexibility index (Phi) is 9.56. The van der Waals surface area contributed by atoms with Crippen molar-refractivity contribution in [2.45, 2.75) is 44.3 Å². The van der Waals surface area contributed by atoms with E-state index in [-0.39, 0.29) is 37.8 Å². The zero-order valence-electron chi connectivity index (χ0n) is 24.1. The quantitative estimate of drug-likeness (QED) is 0.434. The highest BCUT2D eigenvalue weighted by Gasteiger charge is 2.34. The Hall–Kier alpha value is -4.86. The van der Waals surface area contributed by atoms with Crippen molar-refractivity contribution in [2.24, 2.45) is 0 Å². The molecule has 0 unspecified atom stereocenters. The third kappa shape index (κ3) is 7.32. The molecule has 0 fully saturated rings. The highest BCUT2D eigenvalue weighted by atomic mass is 16.5. The van der Waals surface area contributed by atoms with Crippen LogP contribution in [0.5, 0.6) is 11.5 Å². The smallest absolute Gasteiger partial charge is 0.252 e. The van der Waals surface area contributed by atoms with Gasteiger partial charge in [-0.1, -0.05) is 54.6 Å². The maximum absolute atomic E-state index is 13.4. The van der Waals surface area contributed by atoms with Crippen LogP contribution in [0.3, 0.4) is 0 Å². The molecule has 0 saturated heterocycles. The Labute approximate surface area is 250 Å². The van der Waals surface area contributed by atoms with E-state index in [0.29, 0.717) is 43.0 Å². The number of methoxy groups -OCH3 is 1. The van der Waals surface area contributed by atoms with Crippen LogP contribution in [0.25, 0.3) is 0 Å². The number of hydrogen-bond donors (Lipinski definition) is 3. The number of hydrogen-bond acceptors (Lipinski definition) is 6. The number of benzene rings is 3. The van der Waals surface area contributed by atoms with E-state index in [9.17, 15) is 19.2 Å². The summed E-state index contributed by atoms with van der Waals surface area (Å²) in [4.78, 5) is 55.0. The Morgan fingerprint density at radius 2 is 1.63 bits per heavy atom. The summed E-state index contributed by atoms with van der Waals surface area (Å²) >= 11 is 0. The molecule has 0 aromatic heterocycles. The Morgan fingerprint density at radius 1 is 0.884 bits per heavy atom. The summed E-state index contributed by atoms with van der Waals surface area (Å²) in [6.07, 6.45) is 1.18. The van der Waals surface area contributed by atoms with Crippen LogP contribution in [0.2, 0.25) is 0 Å². The van der Waals surface area contributed by atoms with Crippen molar-refractivity contribution in [3.63, 3.8) is 0 Å². The molecule has 224 valence electrons. The van der Waals surface area contributed by atoms with Crippen LogP contribution in [0, 0.1) is 0 Å². The Balaban J connectivity index is 1.40. The van der Waals surface area contributed by atoms with Gasteiger partial charge in [-0.15, -0.1) is 0 Å². The second-order valence-electron chi connectivity index (χ2n) is 10.6. The van der Waals surface area contributed by atoms with Gasteiger partial charge in [-0.25, -0.2) is 0 Å². The van der Waals surface area contributed by atoms with Gasteiger partial charge < -0.3 is 30.3 Å². The zero-order chi connectivity index (χ0) is 30.2. The average molecular weight is 585 g/mol. The maximum Gasteiger partial charge on any atom is 0.252 e. The van der Waals surface area contributed by atoms with Gasteiger partial charge in [0.1, 0.15) is 12.1 Å². The molecule has 3 aromatic rings. The van der Waals surface area contributed by atoms with Crippen LogP contribution in [0.15, 0.2) is 72.8 Å². The first-order valence-electron chi connectivity index (χ1n) is 14.5. The zero-order valence-corrected chi connectivity index (χ0v) is 24.1. The minimum Gasteiger partial charge on any atom is -0.493 e. The Morgan fingerprint density at radius 3 is 2.42 bits per heavy atom. The van der Waals surface area contributed by atoms with Gasteiger partial charge in [0.25, 0.3) is 5.91 Å². The van der Waals surface area contributed by atoms with E-state index in [1.807, 2.05) is 54.6 Å². The molecule has 5 rings (SSSR count). The van der Waals surface area contributed by atoms with Crippen LogP contribution >= 0.6 is 0 Å². The van der Waals surface area contributed by atoms with Crippen molar-refractivity contribution in [2.75, 3.05) is 26.8 Å². The van der Waals surface area contributed by atoms with E-state index in [4.69, 9.17) is 9.47 Å². The lowest BCUT2D eigenvalue weighted by atomic mass is 9.93. The number of amides is 4. The van der Waals surface area contributed by atoms with Gasteiger partial charge in [-0.2, -0.15) is 0 Å². The molecule has 10 nitrogen and oxygen atoms in total. The molecular weight excluding hydrogens is 548 g/mol. The molecule has 2 heterocycles. The van der Waals surface area contributed by atoms with Crippen molar-refractivity contribution >= 4 is 23.6 Å². The van der Waals surface area contributed by atoms with Crippen molar-refractivity contribution in [3.05, 3.63) is 95.1 Å². The van der Waals surface area contributed by atoms with Crippen molar-refractivity contribution in [3.8, 4) is 11.5 Å². The van der Waals surface area contributed by atoms with Gasteiger partial charge in [0.2, 0.25) is 17.7 Å². The third-order valence-electron chi connectivity index (χ3n) is 7.72. The van der Waals surface area contributed by atoms with E-state index in [1.165, 1.54) is 7.11 Å². The predicted molar refractivity (Wildman–Crippen MR) is 160 cm³/mol. The van der Waals surface area contributed by atoms with Crippen LogP contribution < -0.4 is 25.4 Å². The van der Waals surface area contributed by atoms with Gasteiger partial charge in [-0.3, -0.25) is 19.2 Å². The number of rotatable bonds is 3. The van der Waals surface area contributed by atoms with Crippen LogP contribution in [0.1, 0.15) is 39.9 Å². The van der Waals surface area contributed by atoms with E-state index in [1.54, 1.807) is 23.1 Å². The van der Waals surface area contributed by atoms with E-state index in [0.717, 1.165) is 16.7 Å². The van der Waals surface area contributed by atoms with Crippen molar-refractivity contribution in [1.82, 2.24) is 20.9 Å². The van der Waals surface area contributed by atoms with Gasteiger partial charge >= 0.3 is 0 Å². The monoisotopic (exact) mass is 584 g/mol. The number of nitrogens with one attached hydrogen (secondary N) is 3. The molecule has 2 aliphatic rings. The molecule has 3 N–H and O–H groups in total. The van der Waals surface area contributed by atoms with Crippen LogP contribution in [-0.4, -0.2) is 67.4 Å². The highest BCUT2D eigenvalue weighted by Crippen LogP contribution is 2.28. The fraction of sp³-hybridized carbons (Fsp3) is 0.333. The summed E-state index contributed by atoms with van der Waals surface area (Å²) < 4.78 is 11.3. The Bertz CT molecular complexity index is 1480. The fourth-order valence-corrected chi connectivity index (χ4v) is 5.39. The first-order chi connectivity index (χ1) is 20.9. The van der Waals surface area contributed by atoms with Gasteiger partial charge in [-0.05, 0) is 41.3 Å². The first-order valence-corrected chi connectivity index (χ1v) is 14.5. The summed E-state index contributed by atoms with van der Waals surface area (Å²) in [6, 6.07) is 20.4. The molecule has 0 saturated carbocycles. The SMILES string of the molecule is COc1ccc2cc1OCCCNC(=O)[C@H]1Cc3ccccc3CN1C(=O)CCNC(=O)[C@H](Cc1ccccc1)NC2=O. The molecule has 0 aliphatic carbocycles. The second-order valence-corrected chi connectivity index (χ2v) is 10.6. The molecule has 0 spiro atoms. The largest absolute Gasteiger partial charge is 0.493 e. The van der Waals surface area contributed by atoms with E-state index < -0.39 is 23.9 Å². The minimum atomic E-state index is -0.890. The van der Waals surface area contributed by atoms with Crippen molar-refractivity contribution in [1.29, 1.82) is 0 Å². The van der Waals surface area contributed by atoms with Gasteiger partial charge in [0, 0.05) is 44.5 Å². The molecule has 10 heteroatoms. The lowest BCUT2D eigenvalue weighted by molar-refractivity contribution is -0.141. The molecule has 2 aliphatic heterocycles. The number of fused-ring (bicyclic) bond motifs is 4. The molecule has 0 radical (unpaired) electrons. The first kappa shape index (κ1) is 29.6. The topological polar surface area (TPSA) is 126 Å². The molecule has 43 heavy (non-hydrogen) atoms. The predicted octanol–water partition coefficient (Wildman–Crippen LogP) is 2.39. The number of ether oxygens (including phenoxy) is 2. The summed E-state index contributed by atoms with van der Waals surface area (Å²) in [7, 11) is 1.51. The molecule has 3 aromatic carbocycles. The normalized spacial score (nSPS) is 20.1. The molecule has 2 bridgehead atoms. The lowest BCUT2D eigenvalue weighted by Crippen LogP contribution is -2.53. The van der Waals surface area contributed by atoms with Crippen LogP contribution in [0.4, 0.5) is 0 Å².